The molecule has 0 aliphatic rings. The molecule has 0 spiro atoms. The van der Waals surface area contributed by atoms with Crippen LogP contribution in [0.25, 0.3) is 0 Å². The van der Waals surface area contributed by atoms with E-state index in [1.807, 2.05) is 18.2 Å². The van der Waals surface area contributed by atoms with Crippen molar-refractivity contribution in [2.24, 2.45) is 4.99 Å². The van der Waals surface area contributed by atoms with Gasteiger partial charge in [-0.25, -0.2) is 4.99 Å². The fourth-order valence-corrected chi connectivity index (χ4v) is 0.539. The van der Waals surface area contributed by atoms with Crippen LogP contribution in [0.2, 0.25) is 0 Å². The third kappa shape index (κ3) is 3.07. The van der Waals surface area contributed by atoms with Gasteiger partial charge in [-0.3, -0.25) is 0 Å². The van der Waals surface area contributed by atoms with Gasteiger partial charge in [0.15, 0.2) is 0 Å². The van der Waals surface area contributed by atoms with E-state index in [1.54, 1.807) is 6.07 Å². The number of hydrogen-bond donors (Lipinski definition) is 0. The molecule has 1 aromatic rings. The zero-order valence-electron chi connectivity index (χ0n) is 5.54. The van der Waals surface area contributed by atoms with Gasteiger partial charge in [-0.1, -0.05) is 0 Å². The first-order valence-electron chi connectivity index (χ1n) is 2.63. The molecule has 1 nitrogen and oxygen atoms in total. The Bertz CT molecular complexity index is 224. The maximum Gasteiger partial charge on any atom is 0 e. The van der Waals surface area contributed by atoms with Crippen molar-refractivity contribution in [1.29, 1.82) is 0 Å². The molecular weight excluding hydrogens is 199 g/mol. The molecule has 0 amide bonds. The molecule has 0 aliphatic carbocycles. The summed E-state index contributed by atoms with van der Waals surface area (Å²) in [7, 11) is 0. The van der Waals surface area contributed by atoms with Crippen molar-refractivity contribution in [3.8, 4) is 0 Å². The van der Waals surface area contributed by atoms with E-state index >= 15 is 0 Å². The summed E-state index contributed by atoms with van der Waals surface area (Å²) in [6.45, 7) is 3.34. The average molecular weight is 205 g/mol. The van der Waals surface area contributed by atoms with Crippen LogP contribution in [0.5, 0.6) is 0 Å². The number of para-hydroxylation sites is 1. The van der Waals surface area contributed by atoms with Crippen molar-refractivity contribution < 1.29 is 32.7 Å². The number of benzene rings is 1. The zero-order valence-corrected chi connectivity index (χ0v) is 8.38. The first-order chi connectivity index (χ1) is 4.43. The van der Waals surface area contributed by atoms with E-state index < -0.39 is 0 Å². The van der Waals surface area contributed by atoms with Gasteiger partial charge in [0.25, 0.3) is 0 Å². The van der Waals surface area contributed by atoms with Gasteiger partial charge >= 0.3 is 0 Å². The predicted molar refractivity (Wildman–Crippen MR) is 38.0 cm³/mol. The summed E-state index contributed by atoms with van der Waals surface area (Å²) in [4.78, 5) is 3.79. The van der Waals surface area contributed by atoms with Crippen LogP contribution in [-0.4, -0.2) is 5.87 Å². The van der Waals surface area contributed by atoms with Crippen molar-refractivity contribution in [3.05, 3.63) is 36.9 Å². The minimum atomic E-state index is 0. The first-order valence-corrected chi connectivity index (χ1v) is 2.63. The number of nitrogens with zero attached hydrogens (tertiary/aromatic N) is 1. The van der Waals surface area contributed by atoms with Crippen LogP contribution in [0, 0.1) is 6.07 Å². The van der Waals surface area contributed by atoms with Crippen LogP contribution in [0.3, 0.4) is 0 Å². The summed E-state index contributed by atoms with van der Waals surface area (Å²) in [6, 6.07) is 10.3. The molecule has 47 valence electrons. The summed E-state index contributed by atoms with van der Waals surface area (Å²) < 4.78 is 0. The normalized spacial score (nSPS) is 7.20. The summed E-state index contributed by atoms with van der Waals surface area (Å²) in [5, 5.41) is 0. The maximum absolute atomic E-state index is 3.79. The Morgan fingerprint density at radius 1 is 1.50 bits per heavy atom. The second-order valence-corrected chi connectivity index (χ2v) is 1.52. The van der Waals surface area contributed by atoms with Gasteiger partial charge in [0.2, 0.25) is 0 Å². The summed E-state index contributed by atoms with van der Waals surface area (Å²) in [6.07, 6.45) is 0. The van der Waals surface area contributed by atoms with E-state index in [4.69, 9.17) is 0 Å². The fraction of sp³-hybridized carbons (Fsp3) is 0. The summed E-state index contributed by atoms with van der Waals surface area (Å²) in [5.74, 6) is 2.43. The Morgan fingerprint density at radius 3 is 2.80 bits per heavy atom. The van der Waals surface area contributed by atoms with E-state index in [0.29, 0.717) is 0 Å². The van der Waals surface area contributed by atoms with Gasteiger partial charge in [0, 0.05) is 32.7 Å². The number of aliphatic imine (C=N–C) groups is 1. The van der Waals surface area contributed by atoms with E-state index in [2.05, 4.69) is 23.5 Å². The molecule has 0 aliphatic heterocycles. The quantitative estimate of drug-likeness (QED) is 0.491. The Morgan fingerprint density at radius 2 is 2.30 bits per heavy atom. The Kier molecular flexibility index (Phi) is 5.43. The molecule has 0 saturated heterocycles. The van der Waals surface area contributed by atoms with Crippen LogP contribution < -0.4 is 0 Å². The number of hydrogen-bond acceptors (Lipinski definition) is 1. The van der Waals surface area contributed by atoms with Crippen molar-refractivity contribution >= 4 is 11.6 Å². The zero-order chi connectivity index (χ0) is 6.53. The van der Waals surface area contributed by atoms with Gasteiger partial charge in [-0.15, -0.1) is 6.07 Å². The molecule has 10 heavy (non-hydrogen) atoms. The van der Waals surface area contributed by atoms with Crippen LogP contribution in [0.1, 0.15) is 0 Å². The molecule has 0 N–H and O–H groups in total. The minimum Gasteiger partial charge on any atom is -0.234 e. The molecular formula is C8H6NY-. The van der Waals surface area contributed by atoms with Crippen molar-refractivity contribution in [3.63, 3.8) is 0 Å². The Labute approximate surface area is 85.8 Å². The van der Waals surface area contributed by atoms with E-state index in [9.17, 15) is 0 Å². The maximum atomic E-state index is 3.79. The van der Waals surface area contributed by atoms with Crippen LogP contribution in [-0.2, 0) is 32.7 Å². The van der Waals surface area contributed by atoms with Gasteiger partial charge < -0.3 is 0 Å². The second-order valence-electron chi connectivity index (χ2n) is 1.52. The van der Waals surface area contributed by atoms with E-state index in [1.165, 1.54) is 0 Å². The molecule has 2 heteroatoms. The van der Waals surface area contributed by atoms with E-state index in [-0.39, 0.29) is 32.7 Å². The van der Waals surface area contributed by atoms with Crippen LogP contribution in [0.15, 0.2) is 35.8 Å². The SMILES string of the molecule is C=C=Nc1[c-]cccc1.[Y]. The molecule has 0 fully saturated rings. The molecule has 0 aromatic heterocycles. The third-order valence-electron chi connectivity index (χ3n) is 0.892. The largest absolute Gasteiger partial charge is 0.234 e. The molecule has 1 radical (unpaired) electrons. The van der Waals surface area contributed by atoms with Crippen molar-refractivity contribution in [1.82, 2.24) is 0 Å². The smallest absolute Gasteiger partial charge is 0 e. The van der Waals surface area contributed by atoms with Gasteiger partial charge in [-0.2, -0.15) is 24.3 Å². The van der Waals surface area contributed by atoms with Crippen LogP contribution >= 0.6 is 0 Å². The fourth-order valence-electron chi connectivity index (χ4n) is 0.539. The van der Waals surface area contributed by atoms with Crippen molar-refractivity contribution in [2.75, 3.05) is 0 Å². The summed E-state index contributed by atoms with van der Waals surface area (Å²) in [5.41, 5.74) is 0.771. The summed E-state index contributed by atoms with van der Waals surface area (Å²) >= 11 is 0. The van der Waals surface area contributed by atoms with Gasteiger partial charge in [0.05, 0.1) is 0 Å². The number of rotatable bonds is 1. The third-order valence-corrected chi connectivity index (χ3v) is 0.892. The predicted octanol–water partition coefficient (Wildman–Crippen LogP) is 1.97. The first kappa shape index (κ1) is 9.77. The van der Waals surface area contributed by atoms with Gasteiger partial charge in [-0.05, 0) is 18.1 Å². The average Bonchev–Trinajstić information content (AvgIpc) is 1.91. The van der Waals surface area contributed by atoms with Crippen LogP contribution in [0.4, 0.5) is 5.69 Å². The molecule has 0 saturated carbocycles. The van der Waals surface area contributed by atoms with Crippen molar-refractivity contribution in [2.45, 2.75) is 0 Å². The van der Waals surface area contributed by atoms with E-state index in [0.717, 1.165) is 5.69 Å². The Balaban J connectivity index is 0.000000810. The molecule has 0 unspecified atom stereocenters. The van der Waals surface area contributed by atoms with Gasteiger partial charge in [0.1, 0.15) is 0 Å². The molecule has 0 bridgehead atoms. The molecule has 0 heterocycles. The monoisotopic (exact) mass is 205 g/mol. The standard InChI is InChI=1S/C8H6N.Y/c1-2-9-8-6-4-3-5-7-8;/h3-6H,1H2;/q-1;. The molecule has 1 rings (SSSR count). The molecule has 0 atom stereocenters. The minimum absolute atomic E-state index is 0. The topological polar surface area (TPSA) is 12.4 Å². The Hall–Kier alpha value is -0.226. The molecule has 1 aromatic carbocycles. The second kappa shape index (κ2) is 5.55.